The molecule has 88 valence electrons. The summed E-state index contributed by atoms with van der Waals surface area (Å²) in [6, 6.07) is 0. The Balaban J connectivity index is 4.55. The van der Waals surface area contributed by atoms with Crippen molar-refractivity contribution in [1.82, 2.24) is 5.32 Å². The maximum Gasteiger partial charge on any atom is 0.396 e. The van der Waals surface area contributed by atoms with Crippen molar-refractivity contribution in [3.8, 4) is 0 Å². The minimum absolute atomic E-state index is 0.0255. The Kier molecular flexibility index (Phi) is 5.13. The number of hydrogen-bond donors (Lipinski definition) is 2. The third-order valence-electron chi connectivity index (χ3n) is 1.92. The standard InChI is InChI=1S/C8H14F2N2O3/c1-8(3-4-11,7(9)10)12-5(13)6(14)15-2/h7H,3-4,11H2,1-2H3,(H,12,13). The highest BCUT2D eigenvalue weighted by Gasteiger charge is 2.37. The highest BCUT2D eigenvalue weighted by molar-refractivity contribution is 6.32. The van der Waals surface area contributed by atoms with E-state index in [2.05, 4.69) is 4.74 Å². The Hall–Kier alpha value is -1.24. The molecule has 0 saturated carbocycles. The van der Waals surface area contributed by atoms with E-state index in [1.54, 1.807) is 0 Å². The first-order chi connectivity index (χ1) is 6.87. The average molecular weight is 224 g/mol. The molecule has 3 N–H and O–H groups in total. The molecule has 7 heteroatoms. The van der Waals surface area contributed by atoms with Gasteiger partial charge in [0.25, 0.3) is 6.43 Å². The number of rotatable bonds is 4. The fourth-order valence-corrected chi connectivity index (χ4v) is 0.929. The van der Waals surface area contributed by atoms with Gasteiger partial charge < -0.3 is 15.8 Å². The third kappa shape index (κ3) is 3.78. The number of esters is 1. The average Bonchev–Trinajstić information content (AvgIpc) is 2.16. The lowest BCUT2D eigenvalue weighted by atomic mass is 9.98. The van der Waals surface area contributed by atoms with Crippen LogP contribution in [-0.4, -0.2) is 37.5 Å². The van der Waals surface area contributed by atoms with Crippen LogP contribution in [0.1, 0.15) is 13.3 Å². The van der Waals surface area contributed by atoms with Crippen LogP contribution in [0, 0.1) is 0 Å². The van der Waals surface area contributed by atoms with Crippen molar-refractivity contribution in [2.45, 2.75) is 25.3 Å². The van der Waals surface area contributed by atoms with E-state index in [4.69, 9.17) is 5.73 Å². The highest BCUT2D eigenvalue weighted by atomic mass is 19.3. The zero-order valence-corrected chi connectivity index (χ0v) is 8.55. The molecule has 0 heterocycles. The monoisotopic (exact) mass is 224 g/mol. The Morgan fingerprint density at radius 3 is 2.40 bits per heavy atom. The van der Waals surface area contributed by atoms with Crippen LogP contribution in [-0.2, 0) is 14.3 Å². The maximum absolute atomic E-state index is 12.6. The van der Waals surface area contributed by atoms with E-state index in [9.17, 15) is 18.4 Å². The molecule has 0 aromatic rings. The number of amides is 1. The number of alkyl halides is 2. The first-order valence-electron chi connectivity index (χ1n) is 4.26. The fraction of sp³-hybridized carbons (Fsp3) is 0.750. The smallest absolute Gasteiger partial charge is 0.396 e. The largest absolute Gasteiger partial charge is 0.462 e. The second-order valence-electron chi connectivity index (χ2n) is 3.20. The van der Waals surface area contributed by atoms with Crippen molar-refractivity contribution >= 4 is 11.9 Å². The first kappa shape index (κ1) is 13.8. The molecule has 0 spiro atoms. The van der Waals surface area contributed by atoms with E-state index in [0.29, 0.717) is 0 Å². The van der Waals surface area contributed by atoms with Gasteiger partial charge in [0, 0.05) is 0 Å². The predicted octanol–water partition coefficient (Wildman–Crippen LogP) is -0.352. The topological polar surface area (TPSA) is 81.4 Å². The number of ether oxygens (including phenoxy) is 1. The van der Waals surface area contributed by atoms with Gasteiger partial charge in [-0.15, -0.1) is 0 Å². The summed E-state index contributed by atoms with van der Waals surface area (Å²) in [7, 11) is 0.991. The van der Waals surface area contributed by atoms with Gasteiger partial charge in [-0.3, -0.25) is 4.79 Å². The number of nitrogens with one attached hydrogen (secondary N) is 1. The van der Waals surface area contributed by atoms with Gasteiger partial charge in [0.1, 0.15) is 0 Å². The van der Waals surface area contributed by atoms with Crippen LogP contribution in [0.4, 0.5) is 8.78 Å². The Labute approximate surface area is 86.0 Å². The van der Waals surface area contributed by atoms with Crippen molar-refractivity contribution in [1.29, 1.82) is 0 Å². The summed E-state index contributed by atoms with van der Waals surface area (Å²) >= 11 is 0. The van der Waals surface area contributed by atoms with Crippen molar-refractivity contribution in [2.75, 3.05) is 13.7 Å². The van der Waals surface area contributed by atoms with Crippen molar-refractivity contribution in [3.05, 3.63) is 0 Å². The third-order valence-corrected chi connectivity index (χ3v) is 1.92. The molecule has 15 heavy (non-hydrogen) atoms. The number of nitrogens with two attached hydrogens (primary N) is 1. The minimum atomic E-state index is -2.81. The van der Waals surface area contributed by atoms with Gasteiger partial charge in [-0.25, -0.2) is 13.6 Å². The van der Waals surface area contributed by atoms with E-state index in [1.165, 1.54) is 0 Å². The molecule has 0 aliphatic carbocycles. The van der Waals surface area contributed by atoms with Gasteiger partial charge in [0.15, 0.2) is 0 Å². The van der Waals surface area contributed by atoms with E-state index in [-0.39, 0.29) is 13.0 Å². The summed E-state index contributed by atoms with van der Waals surface area (Å²) in [4.78, 5) is 21.7. The summed E-state index contributed by atoms with van der Waals surface area (Å²) in [6.45, 7) is 1.09. The van der Waals surface area contributed by atoms with E-state index >= 15 is 0 Å². The second kappa shape index (κ2) is 5.59. The summed E-state index contributed by atoms with van der Waals surface area (Å²) in [5, 5.41) is 1.90. The summed E-state index contributed by atoms with van der Waals surface area (Å²) < 4.78 is 29.2. The van der Waals surface area contributed by atoms with Crippen molar-refractivity contribution in [2.24, 2.45) is 5.73 Å². The molecular weight excluding hydrogens is 210 g/mol. The summed E-state index contributed by atoms with van der Waals surface area (Å²) in [6.07, 6.45) is -2.94. The Bertz CT molecular complexity index is 248. The number of hydrogen-bond acceptors (Lipinski definition) is 4. The lowest BCUT2D eigenvalue weighted by Crippen LogP contribution is -2.54. The molecule has 0 bridgehead atoms. The molecule has 0 rings (SSSR count). The van der Waals surface area contributed by atoms with Crippen LogP contribution in [0.5, 0.6) is 0 Å². The lowest BCUT2D eigenvalue weighted by molar-refractivity contribution is -0.154. The zero-order valence-electron chi connectivity index (χ0n) is 8.55. The fourth-order valence-electron chi connectivity index (χ4n) is 0.929. The minimum Gasteiger partial charge on any atom is -0.462 e. The normalized spacial score (nSPS) is 14.5. The molecule has 1 atom stereocenters. The van der Waals surface area contributed by atoms with Gasteiger partial charge in [-0.05, 0) is 19.9 Å². The van der Waals surface area contributed by atoms with Crippen LogP contribution in [0.2, 0.25) is 0 Å². The molecule has 0 aromatic carbocycles. The van der Waals surface area contributed by atoms with Crippen molar-refractivity contribution in [3.63, 3.8) is 0 Å². The van der Waals surface area contributed by atoms with Gasteiger partial charge in [-0.2, -0.15) is 0 Å². The van der Waals surface area contributed by atoms with Gasteiger partial charge in [0.2, 0.25) is 0 Å². The zero-order chi connectivity index (χ0) is 12.1. The van der Waals surface area contributed by atoms with Crippen LogP contribution in [0.15, 0.2) is 0 Å². The highest BCUT2D eigenvalue weighted by Crippen LogP contribution is 2.18. The van der Waals surface area contributed by atoms with Crippen LogP contribution < -0.4 is 11.1 Å². The SMILES string of the molecule is COC(=O)C(=O)NC(C)(CCN)C(F)F. The maximum atomic E-state index is 12.6. The van der Waals surface area contributed by atoms with Gasteiger partial charge >= 0.3 is 11.9 Å². The Morgan fingerprint density at radius 1 is 1.53 bits per heavy atom. The van der Waals surface area contributed by atoms with Crippen LogP contribution in [0.25, 0.3) is 0 Å². The first-order valence-corrected chi connectivity index (χ1v) is 4.26. The summed E-state index contributed by atoms with van der Waals surface area (Å²) in [5.41, 5.74) is 3.33. The van der Waals surface area contributed by atoms with Gasteiger partial charge in [-0.1, -0.05) is 0 Å². The molecular formula is C8H14F2N2O3. The molecule has 0 aliphatic heterocycles. The molecule has 0 radical (unpaired) electrons. The molecule has 0 fully saturated rings. The number of methoxy groups -OCH3 is 1. The molecule has 0 aliphatic rings. The molecule has 1 amide bonds. The molecule has 0 saturated heterocycles. The van der Waals surface area contributed by atoms with Crippen LogP contribution in [0.3, 0.4) is 0 Å². The van der Waals surface area contributed by atoms with E-state index in [1.807, 2.05) is 5.32 Å². The van der Waals surface area contributed by atoms with Crippen LogP contribution >= 0.6 is 0 Å². The predicted molar refractivity (Wildman–Crippen MR) is 48.2 cm³/mol. The number of carbonyl (C=O) groups excluding carboxylic acids is 2. The lowest BCUT2D eigenvalue weighted by Gasteiger charge is -2.28. The van der Waals surface area contributed by atoms with E-state index in [0.717, 1.165) is 14.0 Å². The second-order valence-corrected chi connectivity index (χ2v) is 3.20. The molecule has 1 unspecified atom stereocenters. The van der Waals surface area contributed by atoms with Crippen molar-refractivity contribution < 1.29 is 23.1 Å². The number of halogens is 2. The summed E-state index contributed by atoms with van der Waals surface area (Å²) in [5.74, 6) is -2.41. The Morgan fingerprint density at radius 2 is 2.07 bits per heavy atom. The number of carbonyl (C=O) groups is 2. The van der Waals surface area contributed by atoms with E-state index < -0.39 is 23.8 Å². The molecule has 0 aromatic heterocycles. The van der Waals surface area contributed by atoms with Gasteiger partial charge in [0.05, 0.1) is 12.6 Å². The molecule has 5 nitrogen and oxygen atoms in total. The quantitative estimate of drug-likeness (QED) is 0.505.